The predicted molar refractivity (Wildman–Crippen MR) is 99.5 cm³/mol. The minimum Gasteiger partial charge on any atom is -0.468 e. The highest BCUT2D eigenvalue weighted by molar-refractivity contribution is 7.98. The first-order chi connectivity index (χ1) is 12.1. The summed E-state index contributed by atoms with van der Waals surface area (Å²) in [5.41, 5.74) is 1.54. The number of thioether (sulfide) groups is 1. The molecule has 0 saturated heterocycles. The molecule has 3 aromatic rings. The molecule has 0 aliphatic carbocycles. The molecule has 0 bridgehead atoms. The van der Waals surface area contributed by atoms with Crippen molar-refractivity contribution in [3.05, 3.63) is 94.7 Å². The van der Waals surface area contributed by atoms with Crippen molar-refractivity contribution in [1.82, 2.24) is 0 Å². The lowest BCUT2D eigenvalue weighted by Crippen LogP contribution is -2.06. The molecule has 0 radical (unpaired) electrons. The van der Waals surface area contributed by atoms with Crippen molar-refractivity contribution < 1.29 is 13.6 Å². The molecule has 0 saturated carbocycles. The summed E-state index contributed by atoms with van der Waals surface area (Å²) >= 11 is 7.48. The lowest BCUT2D eigenvalue weighted by Gasteiger charge is -2.16. The van der Waals surface area contributed by atoms with Crippen LogP contribution in [-0.4, -0.2) is 5.78 Å². The summed E-state index contributed by atoms with van der Waals surface area (Å²) in [7, 11) is 0. The van der Waals surface area contributed by atoms with Crippen LogP contribution >= 0.6 is 23.4 Å². The molecule has 0 N–H and O–H groups in total. The fourth-order valence-electron chi connectivity index (χ4n) is 2.45. The van der Waals surface area contributed by atoms with Crippen molar-refractivity contribution in [3.8, 4) is 0 Å². The summed E-state index contributed by atoms with van der Waals surface area (Å²) in [5.74, 6) is 1.22. The van der Waals surface area contributed by atoms with Crippen LogP contribution in [0.15, 0.2) is 71.3 Å². The van der Waals surface area contributed by atoms with Gasteiger partial charge in [-0.3, -0.25) is 4.79 Å². The Morgan fingerprint density at radius 2 is 1.80 bits per heavy atom. The molecule has 0 aliphatic heterocycles. The van der Waals surface area contributed by atoms with E-state index in [1.54, 1.807) is 54.4 Å². The monoisotopic (exact) mass is 374 g/mol. The molecule has 0 unspecified atom stereocenters. The van der Waals surface area contributed by atoms with E-state index in [-0.39, 0.29) is 16.9 Å². The minimum atomic E-state index is -0.289. The van der Waals surface area contributed by atoms with Gasteiger partial charge in [0.25, 0.3) is 0 Å². The van der Waals surface area contributed by atoms with Crippen molar-refractivity contribution >= 4 is 29.1 Å². The SMILES string of the molecule is O=C(C[C@@H](SCc1ccco1)c1ccc(F)cc1)c1ccc(Cl)cc1. The van der Waals surface area contributed by atoms with E-state index < -0.39 is 0 Å². The highest BCUT2D eigenvalue weighted by Crippen LogP contribution is 2.35. The van der Waals surface area contributed by atoms with Gasteiger partial charge in [0.05, 0.1) is 12.0 Å². The Bertz CT molecular complexity index is 814. The van der Waals surface area contributed by atoms with E-state index in [9.17, 15) is 9.18 Å². The number of hydrogen-bond acceptors (Lipinski definition) is 3. The van der Waals surface area contributed by atoms with E-state index in [0.717, 1.165) is 11.3 Å². The highest BCUT2D eigenvalue weighted by atomic mass is 35.5. The van der Waals surface area contributed by atoms with Gasteiger partial charge in [0, 0.05) is 22.3 Å². The number of rotatable bonds is 7. The summed E-state index contributed by atoms with van der Waals surface area (Å²) in [6.45, 7) is 0. The molecule has 1 heterocycles. The Balaban J connectivity index is 1.76. The van der Waals surface area contributed by atoms with Crippen LogP contribution < -0.4 is 0 Å². The van der Waals surface area contributed by atoms with Gasteiger partial charge < -0.3 is 4.42 Å². The van der Waals surface area contributed by atoms with E-state index in [1.165, 1.54) is 12.1 Å². The lowest BCUT2D eigenvalue weighted by atomic mass is 10.0. The molecular formula is C20H16ClFO2S. The minimum absolute atomic E-state index is 0.0259. The van der Waals surface area contributed by atoms with Gasteiger partial charge in [-0.15, -0.1) is 11.8 Å². The Morgan fingerprint density at radius 3 is 2.44 bits per heavy atom. The zero-order valence-corrected chi connectivity index (χ0v) is 14.9. The third-order valence-electron chi connectivity index (χ3n) is 3.79. The zero-order valence-electron chi connectivity index (χ0n) is 13.3. The second-order valence-corrected chi connectivity index (χ2v) is 7.19. The van der Waals surface area contributed by atoms with Crippen LogP contribution in [-0.2, 0) is 5.75 Å². The fourth-order valence-corrected chi connectivity index (χ4v) is 3.72. The predicted octanol–water partition coefficient (Wildman–Crippen LogP) is 6.32. The topological polar surface area (TPSA) is 30.2 Å². The van der Waals surface area contributed by atoms with Crippen LogP contribution in [0.5, 0.6) is 0 Å². The first-order valence-corrected chi connectivity index (χ1v) is 9.23. The summed E-state index contributed by atoms with van der Waals surface area (Å²) in [6, 6.07) is 16.9. The molecule has 0 amide bonds. The fraction of sp³-hybridized carbons (Fsp3) is 0.150. The Morgan fingerprint density at radius 1 is 1.08 bits per heavy atom. The van der Waals surface area contributed by atoms with Crippen LogP contribution in [0.1, 0.15) is 33.4 Å². The lowest BCUT2D eigenvalue weighted by molar-refractivity contribution is 0.0982. The first kappa shape index (κ1) is 17.8. The van der Waals surface area contributed by atoms with E-state index in [1.807, 2.05) is 12.1 Å². The normalized spacial score (nSPS) is 12.1. The molecule has 1 atom stereocenters. The summed E-state index contributed by atoms with van der Waals surface area (Å²) in [5, 5.41) is 0.507. The van der Waals surface area contributed by atoms with E-state index >= 15 is 0 Å². The molecule has 1 aromatic heterocycles. The molecule has 2 nitrogen and oxygen atoms in total. The third kappa shape index (κ3) is 4.97. The maximum atomic E-state index is 13.2. The number of Topliss-reactive ketones (excluding diaryl/α,β-unsaturated/α-hetero) is 1. The first-order valence-electron chi connectivity index (χ1n) is 7.80. The van der Waals surface area contributed by atoms with Crippen LogP contribution in [0, 0.1) is 5.82 Å². The molecule has 25 heavy (non-hydrogen) atoms. The number of carbonyl (C=O) groups excluding carboxylic acids is 1. The van der Waals surface area contributed by atoms with Gasteiger partial charge in [-0.05, 0) is 54.1 Å². The van der Waals surface area contributed by atoms with Gasteiger partial charge in [-0.25, -0.2) is 4.39 Å². The molecule has 3 rings (SSSR count). The van der Waals surface area contributed by atoms with Crippen molar-refractivity contribution in [2.75, 3.05) is 0 Å². The van der Waals surface area contributed by atoms with Gasteiger partial charge >= 0.3 is 0 Å². The van der Waals surface area contributed by atoms with Gasteiger partial charge in [-0.2, -0.15) is 0 Å². The van der Waals surface area contributed by atoms with Crippen LogP contribution in [0.2, 0.25) is 5.02 Å². The Labute approximate surface area is 155 Å². The smallest absolute Gasteiger partial charge is 0.164 e. The van der Waals surface area contributed by atoms with Crippen molar-refractivity contribution in [2.45, 2.75) is 17.4 Å². The largest absolute Gasteiger partial charge is 0.468 e. The van der Waals surface area contributed by atoms with Crippen molar-refractivity contribution in [2.24, 2.45) is 0 Å². The quantitative estimate of drug-likeness (QED) is 0.453. The molecule has 2 aromatic carbocycles. The highest BCUT2D eigenvalue weighted by Gasteiger charge is 2.18. The second kappa shape index (κ2) is 8.37. The number of hydrogen-bond donors (Lipinski definition) is 0. The average Bonchev–Trinajstić information content (AvgIpc) is 3.13. The molecular weight excluding hydrogens is 359 g/mol. The third-order valence-corrected chi connectivity index (χ3v) is 5.33. The molecule has 0 aliphatic rings. The number of ketones is 1. The number of furan rings is 1. The summed E-state index contributed by atoms with van der Waals surface area (Å²) in [4.78, 5) is 12.6. The molecule has 5 heteroatoms. The zero-order chi connectivity index (χ0) is 17.6. The Hall–Kier alpha value is -2.04. The van der Waals surface area contributed by atoms with Gasteiger partial charge in [0.15, 0.2) is 5.78 Å². The van der Waals surface area contributed by atoms with Crippen molar-refractivity contribution in [3.63, 3.8) is 0 Å². The number of benzene rings is 2. The molecule has 128 valence electrons. The maximum absolute atomic E-state index is 13.2. The average molecular weight is 375 g/mol. The van der Waals surface area contributed by atoms with E-state index in [2.05, 4.69) is 0 Å². The standard InChI is InChI=1S/C20H16ClFO2S/c21-16-7-3-14(4-8-16)19(23)12-20(15-5-9-17(22)10-6-15)25-13-18-2-1-11-24-18/h1-11,20H,12-13H2/t20-/m1/s1. The van der Waals surface area contributed by atoms with Crippen molar-refractivity contribution in [1.29, 1.82) is 0 Å². The molecule has 0 spiro atoms. The van der Waals surface area contributed by atoms with Crippen LogP contribution in [0.4, 0.5) is 4.39 Å². The molecule has 0 fully saturated rings. The van der Waals surface area contributed by atoms with E-state index in [4.69, 9.17) is 16.0 Å². The number of halogens is 2. The Kier molecular flexibility index (Phi) is 5.95. The van der Waals surface area contributed by atoms with Gasteiger partial charge in [-0.1, -0.05) is 23.7 Å². The van der Waals surface area contributed by atoms with Crippen LogP contribution in [0.3, 0.4) is 0 Å². The van der Waals surface area contributed by atoms with Gasteiger partial charge in [0.2, 0.25) is 0 Å². The summed E-state index contributed by atoms with van der Waals surface area (Å²) in [6.07, 6.45) is 1.94. The van der Waals surface area contributed by atoms with Crippen LogP contribution in [0.25, 0.3) is 0 Å². The van der Waals surface area contributed by atoms with Gasteiger partial charge in [0.1, 0.15) is 11.6 Å². The maximum Gasteiger partial charge on any atom is 0.164 e. The second-order valence-electron chi connectivity index (χ2n) is 5.56. The van der Waals surface area contributed by atoms with E-state index in [0.29, 0.717) is 22.8 Å². The summed E-state index contributed by atoms with van der Waals surface area (Å²) < 4.78 is 18.6. The number of carbonyl (C=O) groups is 1.